The van der Waals surface area contributed by atoms with Crippen LogP contribution in [-0.4, -0.2) is 33.9 Å². The Bertz CT molecular complexity index is 827. The Morgan fingerprint density at radius 1 is 1.32 bits per heavy atom. The van der Waals surface area contributed by atoms with Gasteiger partial charge in [-0.25, -0.2) is 9.78 Å². The van der Waals surface area contributed by atoms with Gasteiger partial charge in [-0.15, -0.1) is 0 Å². The molecule has 152 valence electrons. The fourth-order valence-corrected chi connectivity index (χ4v) is 3.15. The fourth-order valence-electron chi connectivity index (χ4n) is 3.15. The zero-order chi connectivity index (χ0) is 20.5. The summed E-state index contributed by atoms with van der Waals surface area (Å²) in [6, 6.07) is 3.50. The van der Waals surface area contributed by atoms with E-state index in [0.717, 1.165) is 17.9 Å². The Labute approximate surface area is 165 Å². The number of carbonyl (C=O) groups is 1. The number of nitrogens with one attached hydrogen (secondary N) is 1. The van der Waals surface area contributed by atoms with Gasteiger partial charge in [0.25, 0.3) is 0 Å². The fraction of sp³-hybridized carbons (Fsp3) is 0.600. The molecule has 1 aliphatic heterocycles. The maximum Gasteiger partial charge on any atom is 0.415 e. The summed E-state index contributed by atoms with van der Waals surface area (Å²) in [4.78, 5) is 22.6. The number of rotatable bonds is 6. The van der Waals surface area contributed by atoms with E-state index < -0.39 is 0 Å². The van der Waals surface area contributed by atoms with E-state index in [4.69, 9.17) is 9.26 Å². The van der Waals surface area contributed by atoms with E-state index in [1.165, 1.54) is 0 Å². The zero-order valence-electron chi connectivity index (χ0n) is 17.4. The lowest BCUT2D eigenvalue weighted by Crippen LogP contribution is -2.37. The van der Waals surface area contributed by atoms with E-state index in [1.54, 1.807) is 17.2 Å². The molecule has 2 atom stereocenters. The highest BCUT2D eigenvalue weighted by atomic mass is 16.6. The molecule has 28 heavy (non-hydrogen) atoms. The highest BCUT2D eigenvalue weighted by Gasteiger charge is 2.37. The van der Waals surface area contributed by atoms with Gasteiger partial charge in [0.1, 0.15) is 23.9 Å². The summed E-state index contributed by atoms with van der Waals surface area (Å²) < 4.78 is 10.7. The van der Waals surface area contributed by atoms with Crippen molar-refractivity contribution in [3.05, 3.63) is 29.8 Å². The summed E-state index contributed by atoms with van der Waals surface area (Å²) in [5.41, 5.74) is 0.913. The number of nitrogens with zero attached hydrogens (tertiary/aromatic N) is 4. The van der Waals surface area contributed by atoms with E-state index >= 15 is 0 Å². The van der Waals surface area contributed by atoms with Gasteiger partial charge in [-0.1, -0.05) is 39.8 Å². The third kappa shape index (κ3) is 4.61. The van der Waals surface area contributed by atoms with E-state index in [-0.39, 0.29) is 29.5 Å². The monoisotopic (exact) mass is 387 g/mol. The molecule has 1 amide bonds. The van der Waals surface area contributed by atoms with Gasteiger partial charge in [-0.3, -0.25) is 4.90 Å². The lowest BCUT2D eigenvalue weighted by atomic mass is 9.91. The topological polar surface area (TPSA) is 93.4 Å². The first-order chi connectivity index (χ1) is 13.1. The Morgan fingerprint density at radius 3 is 2.75 bits per heavy atom. The van der Waals surface area contributed by atoms with Crippen LogP contribution in [0.1, 0.15) is 59.0 Å². The molecule has 3 heterocycles. The summed E-state index contributed by atoms with van der Waals surface area (Å²) >= 11 is 0. The molecule has 8 nitrogen and oxygen atoms in total. The van der Waals surface area contributed by atoms with Gasteiger partial charge >= 0.3 is 6.09 Å². The molecule has 2 aromatic rings. The van der Waals surface area contributed by atoms with Crippen molar-refractivity contribution >= 4 is 17.9 Å². The molecule has 0 bridgehead atoms. The van der Waals surface area contributed by atoms with Crippen molar-refractivity contribution in [3.63, 3.8) is 0 Å². The predicted molar refractivity (Wildman–Crippen MR) is 106 cm³/mol. The van der Waals surface area contributed by atoms with Crippen LogP contribution in [0.3, 0.4) is 0 Å². The van der Waals surface area contributed by atoms with Crippen LogP contribution < -0.4 is 10.2 Å². The van der Waals surface area contributed by atoms with Gasteiger partial charge in [0.2, 0.25) is 5.95 Å². The molecular weight excluding hydrogens is 358 g/mol. The summed E-state index contributed by atoms with van der Waals surface area (Å²) in [7, 11) is 0. The lowest BCUT2D eigenvalue weighted by Gasteiger charge is -2.23. The maximum atomic E-state index is 12.2. The average molecular weight is 387 g/mol. The van der Waals surface area contributed by atoms with E-state index in [0.29, 0.717) is 18.4 Å². The first kappa shape index (κ1) is 20.1. The van der Waals surface area contributed by atoms with Gasteiger partial charge in [0.05, 0.1) is 12.1 Å². The molecule has 1 unspecified atom stereocenters. The number of carbonyl (C=O) groups excluding carboxylic acids is 1. The first-order valence-corrected chi connectivity index (χ1v) is 9.65. The van der Waals surface area contributed by atoms with E-state index in [1.807, 2.05) is 13.0 Å². The van der Waals surface area contributed by atoms with Gasteiger partial charge < -0.3 is 14.6 Å². The predicted octanol–water partition coefficient (Wildman–Crippen LogP) is 4.21. The van der Waals surface area contributed by atoms with Crippen LogP contribution in [-0.2, 0) is 11.2 Å². The average Bonchev–Trinajstić information content (AvgIpc) is 3.20. The lowest BCUT2D eigenvalue weighted by molar-refractivity contribution is 0.177. The van der Waals surface area contributed by atoms with Crippen LogP contribution in [0, 0.1) is 11.3 Å². The summed E-state index contributed by atoms with van der Waals surface area (Å²) in [5.74, 6) is 2.06. The number of amides is 1. The largest absolute Gasteiger partial charge is 0.447 e. The molecular formula is C20H29N5O3. The Morgan fingerprint density at radius 2 is 2.07 bits per heavy atom. The van der Waals surface area contributed by atoms with Crippen molar-refractivity contribution in [2.45, 2.75) is 60.0 Å². The van der Waals surface area contributed by atoms with Crippen molar-refractivity contribution in [2.24, 2.45) is 11.3 Å². The highest BCUT2D eigenvalue weighted by Crippen LogP contribution is 2.27. The summed E-state index contributed by atoms with van der Waals surface area (Å²) in [6.45, 7) is 12.9. The molecule has 0 aliphatic carbocycles. The van der Waals surface area contributed by atoms with Crippen LogP contribution >= 0.6 is 0 Å². The van der Waals surface area contributed by atoms with Crippen molar-refractivity contribution < 1.29 is 14.1 Å². The molecule has 2 aromatic heterocycles. The molecule has 3 rings (SSSR count). The maximum absolute atomic E-state index is 12.2. The SMILES string of the molecule is CC(C)C1COC(=O)N1c1ccnc(N[C@@H](C)c2cc(CC(C)(C)C)on2)n1. The highest BCUT2D eigenvalue weighted by molar-refractivity contribution is 5.89. The molecule has 1 N–H and O–H groups in total. The molecule has 0 radical (unpaired) electrons. The minimum absolute atomic E-state index is 0.0387. The first-order valence-electron chi connectivity index (χ1n) is 9.65. The number of cyclic esters (lactones) is 1. The van der Waals surface area contributed by atoms with Crippen LogP contribution in [0.4, 0.5) is 16.6 Å². The zero-order valence-corrected chi connectivity index (χ0v) is 17.4. The van der Waals surface area contributed by atoms with E-state index in [9.17, 15) is 4.79 Å². The third-order valence-electron chi connectivity index (χ3n) is 4.63. The number of hydrogen-bond acceptors (Lipinski definition) is 7. The third-order valence-corrected chi connectivity index (χ3v) is 4.63. The molecule has 1 fully saturated rings. The smallest absolute Gasteiger partial charge is 0.415 e. The van der Waals surface area contributed by atoms with Crippen molar-refractivity contribution in [1.82, 2.24) is 15.1 Å². The molecule has 0 aromatic carbocycles. The minimum atomic E-state index is -0.375. The minimum Gasteiger partial charge on any atom is -0.447 e. The number of anilines is 2. The number of hydrogen-bond donors (Lipinski definition) is 1. The van der Waals surface area contributed by atoms with E-state index in [2.05, 4.69) is 55.1 Å². The van der Waals surface area contributed by atoms with Crippen molar-refractivity contribution in [1.29, 1.82) is 0 Å². The molecule has 1 saturated heterocycles. The molecule has 0 saturated carbocycles. The normalized spacial score (nSPS) is 18.5. The second kappa shape index (κ2) is 7.77. The Kier molecular flexibility index (Phi) is 5.58. The Hall–Kier alpha value is -2.64. The van der Waals surface area contributed by atoms with Gasteiger partial charge in [0, 0.05) is 18.7 Å². The Balaban J connectivity index is 1.73. The van der Waals surface area contributed by atoms with Gasteiger partial charge in [-0.05, 0) is 24.3 Å². The second-order valence-electron chi connectivity index (χ2n) is 8.82. The number of ether oxygens (including phenoxy) is 1. The van der Waals surface area contributed by atoms with Crippen molar-refractivity contribution in [3.8, 4) is 0 Å². The molecule has 8 heteroatoms. The van der Waals surface area contributed by atoms with Crippen LogP contribution in [0.25, 0.3) is 0 Å². The van der Waals surface area contributed by atoms with Crippen LogP contribution in [0.2, 0.25) is 0 Å². The number of aromatic nitrogens is 3. The van der Waals surface area contributed by atoms with Gasteiger partial charge in [0.15, 0.2) is 0 Å². The molecule has 1 aliphatic rings. The second-order valence-corrected chi connectivity index (χ2v) is 8.82. The van der Waals surface area contributed by atoms with Crippen LogP contribution in [0.15, 0.2) is 22.9 Å². The van der Waals surface area contributed by atoms with Crippen molar-refractivity contribution in [2.75, 3.05) is 16.8 Å². The summed E-state index contributed by atoms with van der Waals surface area (Å²) in [5, 5.41) is 7.40. The standard InChI is InChI=1S/C20H29N5O3/c1-12(2)16-11-27-19(26)25(16)17-7-8-21-18(23-17)22-13(3)15-9-14(28-24-15)10-20(4,5)6/h7-9,12-13,16H,10-11H2,1-6H3,(H,21,22,23)/t13-,16?/m0/s1. The van der Waals surface area contributed by atoms with Crippen LogP contribution in [0.5, 0.6) is 0 Å². The van der Waals surface area contributed by atoms with Gasteiger partial charge in [-0.2, -0.15) is 4.98 Å². The summed E-state index contributed by atoms with van der Waals surface area (Å²) in [6.07, 6.45) is 2.07. The quantitative estimate of drug-likeness (QED) is 0.793. The molecule has 0 spiro atoms.